The lowest BCUT2D eigenvalue weighted by atomic mass is 9.77. The maximum Gasteiger partial charge on any atom is 0.227 e. The first-order valence-corrected chi connectivity index (χ1v) is 15.3. The van der Waals surface area contributed by atoms with Crippen LogP contribution < -0.4 is 10.1 Å². The predicted octanol–water partition coefficient (Wildman–Crippen LogP) is 3.80. The molecule has 3 heterocycles. The summed E-state index contributed by atoms with van der Waals surface area (Å²) in [5.74, 6) is -0.0999. The minimum absolute atomic E-state index is 0.0235. The Morgan fingerprint density at radius 3 is 2.64 bits per heavy atom. The normalized spacial score (nSPS) is 22.4. The lowest BCUT2D eigenvalue weighted by molar-refractivity contribution is -0.147. The third kappa shape index (κ3) is 5.32. The van der Waals surface area contributed by atoms with Crippen LogP contribution in [0.25, 0.3) is 11.0 Å². The fraction of sp³-hybridized carbons (Fsp3) is 0.516. The van der Waals surface area contributed by atoms with Crippen molar-refractivity contribution >= 4 is 40.4 Å². The van der Waals surface area contributed by atoms with Crippen LogP contribution in [0.1, 0.15) is 61.3 Å². The highest BCUT2D eigenvalue weighted by Gasteiger charge is 2.43. The average molecular weight is 593 g/mol. The Morgan fingerprint density at radius 2 is 1.88 bits per heavy atom. The van der Waals surface area contributed by atoms with Crippen molar-refractivity contribution in [1.82, 2.24) is 30.1 Å². The molecule has 10 nitrogen and oxygen atoms in total. The zero-order valence-electron chi connectivity index (χ0n) is 24.1. The van der Waals surface area contributed by atoms with E-state index in [1.54, 1.807) is 11.7 Å². The molecule has 1 aliphatic carbocycles. The number of amides is 3. The van der Waals surface area contributed by atoms with E-state index in [9.17, 15) is 14.4 Å². The molecule has 0 radical (unpaired) electrons. The Balaban J connectivity index is 1.34. The van der Waals surface area contributed by atoms with Crippen molar-refractivity contribution in [3.8, 4) is 5.75 Å². The maximum atomic E-state index is 14.3. The molecule has 2 fully saturated rings. The average Bonchev–Trinajstić information content (AvgIpc) is 3.60. The number of rotatable bonds is 7. The number of fused-ring (bicyclic) bond motifs is 2. The van der Waals surface area contributed by atoms with Crippen LogP contribution in [0.2, 0.25) is 5.02 Å². The minimum atomic E-state index is -0.424. The summed E-state index contributed by atoms with van der Waals surface area (Å²) in [6, 6.07) is 9.21. The van der Waals surface area contributed by atoms with Gasteiger partial charge in [-0.1, -0.05) is 35.7 Å². The van der Waals surface area contributed by atoms with Gasteiger partial charge < -0.3 is 19.9 Å². The van der Waals surface area contributed by atoms with Crippen LogP contribution in [0.4, 0.5) is 0 Å². The summed E-state index contributed by atoms with van der Waals surface area (Å²) < 4.78 is 8.18. The van der Waals surface area contributed by atoms with Gasteiger partial charge in [-0.25, -0.2) is 4.68 Å². The molecular formula is C31H37ClN6O4. The molecule has 1 aromatic heterocycles. The molecule has 6 rings (SSSR count). The summed E-state index contributed by atoms with van der Waals surface area (Å²) in [5.41, 5.74) is 4.47. The number of benzene rings is 2. The molecule has 11 heteroatoms. The molecule has 1 N–H and O–H groups in total. The zero-order valence-corrected chi connectivity index (χ0v) is 24.9. The summed E-state index contributed by atoms with van der Waals surface area (Å²) in [6.07, 6.45) is 5.12. The third-order valence-corrected chi connectivity index (χ3v) is 9.51. The highest BCUT2D eigenvalue weighted by molar-refractivity contribution is 6.31. The lowest BCUT2D eigenvalue weighted by Gasteiger charge is -2.43. The van der Waals surface area contributed by atoms with Crippen molar-refractivity contribution in [2.24, 2.45) is 18.9 Å². The molecule has 1 saturated heterocycles. The van der Waals surface area contributed by atoms with Crippen molar-refractivity contribution in [3.63, 3.8) is 0 Å². The highest BCUT2D eigenvalue weighted by atomic mass is 35.5. The summed E-state index contributed by atoms with van der Waals surface area (Å²) in [7, 11) is 3.49. The van der Waals surface area contributed by atoms with E-state index in [1.807, 2.05) is 47.2 Å². The predicted molar refractivity (Wildman–Crippen MR) is 158 cm³/mol. The van der Waals surface area contributed by atoms with Crippen molar-refractivity contribution in [2.45, 2.75) is 57.6 Å². The number of aryl methyl sites for hydroxylation is 1. The second-order valence-corrected chi connectivity index (χ2v) is 12.0. The summed E-state index contributed by atoms with van der Waals surface area (Å²) in [5, 5.41) is 11.7. The Kier molecular flexibility index (Phi) is 8.07. The Bertz CT molecular complexity index is 1520. The minimum Gasteiger partial charge on any atom is -0.489 e. The quantitative estimate of drug-likeness (QED) is 0.447. The largest absolute Gasteiger partial charge is 0.489 e. The summed E-state index contributed by atoms with van der Waals surface area (Å²) in [6.45, 7) is 1.80. The molecule has 0 spiro atoms. The molecule has 3 aromatic rings. The SMILES string of the molecule is CNC(=O)[C@H]1CCCC[C@H]1C(=O)N1CCc2c(Cl)ccc(OCc3ccc4c(c3)nnn4C)c2C1CN1CCCC1=O. The van der Waals surface area contributed by atoms with Gasteiger partial charge in [0.15, 0.2) is 0 Å². The van der Waals surface area contributed by atoms with Gasteiger partial charge in [-0.2, -0.15) is 0 Å². The lowest BCUT2D eigenvalue weighted by Crippen LogP contribution is -2.50. The van der Waals surface area contributed by atoms with Crippen molar-refractivity contribution in [3.05, 3.63) is 52.0 Å². The number of nitrogens with one attached hydrogen (secondary N) is 1. The van der Waals surface area contributed by atoms with E-state index >= 15 is 0 Å². The molecule has 0 bridgehead atoms. The van der Waals surface area contributed by atoms with Crippen LogP contribution in [-0.4, -0.2) is 69.2 Å². The Morgan fingerprint density at radius 1 is 1.07 bits per heavy atom. The Hall–Kier alpha value is -3.66. The molecule has 1 unspecified atom stereocenters. The number of aromatic nitrogens is 3. The number of carbonyl (C=O) groups excluding carboxylic acids is 3. The summed E-state index contributed by atoms with van der Waals surface area (Å²) >= 11 is 6.76. The van der Waals surface area contributed by atoms with E-state index in [-0.39, 0.29) is 29.6 Å². The molecule has 3 amide bonds. The highest BCUT2D eigenvalue weighted by Crippen LogP contribution is 2.43. The van der Waals surface area contributed by atoms with Gasteiger partial charge >= 0.3 is 0 Å². The monoisotopic (exact) mass is 592 g/mol. The van der Waals surface area contributed by atoms with Gasteiger partial charge in [0, 0.05) is 62.6 Å². The smallest absolute Gasteiger partial charge is 0.227 e. The van der Waals surface area contributed by atoms with Crippen LogP contribution in [0, 0.1) is 11.8 Å². The maximum absolute atomic E-state index is 14.3. The van der Waals surface area contributed by atoms with Crippen LogP contribution in [0.15, 0.2) is 30.3 Å². The standard InChI is InChI=1S/C31H37ClN6O4/c1-33-30(40)20-6-3-4-7-21(20)31(41)38-15-13-22-23(32)10-12-27(29(22)26(38)17-37-14-5-8-28(37)39)42-18-19-9-11-25-24(16-19)34-35-36(25)2/h9-12,16,20-21,26H,3-8,13-15,17-18H2,1-2H3,(H,33,40)/t20-,21+,26?/m0/s1. The number of nitrogens with zero attached hydrogens (tertiary/aromatic N) is 5. The second-order valence-electron chi connectivity index (χ2n) is 11.6. The van der Waals surface area contributed by atoms with Gasteiger partial charge in [0.05, 0.1) is 11.6 Å². The van der Waals surface area contributed by atoms with E-state index in [0.717, 1.165) is 47.0 Å². The van der Waals surface area contributed by atoms with Gasteiger partial charge in [-0.15, -0.1) is 5.10 Å². The van der Waals surface area contributed by atoms with Crippen molar-refractivity contribution in [2.75, 3.05) is 26.7 Å². The number of carbonyl (C=O) groups is 3. The van der Waals surface area contributed by atoms with Crippen molar-refractivity contribution < 1.29 is 19.1 Å². The molecule has 3 atom stereocenters. The number of halogens is 1. The fourth-order valence-corrected chi connectivity index (χ4v) is 7.20. The van der Waals surface area contributed by atoms with Gasteiger partial charge in [0.2, 0.25) is 17.7 Å². The summed E-state index contributed by atoms with van der Waals surface area (Å²) in [4.78, 5) is 43.6. The first-order valence-electron chi connectivity index (χ1n) is 14.9. The molecular weight excluding hydrogens is 556 g/mol. The van der Waals surface area contributed by atoms with Crippen LogP contribution >= 0.6 is 11.6 Å². The van der Waals surface area contributed by atoms with E-state index in [4.69, 9.17) is 16.3 Å². The number of ether oxygens (including phenoxy) is 1. The molecule has 42 heavy (non-hydrogen) atoms. The Labute approximate surface area is 250 Å². The number of likely N-dealkylation sites (tertiary alicyclic amines) is 1. The molecule has 3 aliphatic rings. The topological polar surface area (TPSA) is 110 Å². The second kappa shape index (κ2) is 11.9. The molecule has 222 valence electrons. The van der Waals surface area contributed by atoms with E-state index < -0.39 is 6.04 Å². The van der Waals surface area contributed by atoms with Gasteiger partial charge in [-0.05, 0) is 61.1 Å². The van der Waals surface area contributed by atoms with Crippen LogP contribution in [-0.2, 0) is 34.5 Å². The van der Waals surface area contributed by atoms with E-state index in [2.05, 4.69) is 15.6 Å². The van der Waals surface area contributed by atoms with Crippen LogP contribution in [0.5, 0.6) is 5.75 Å². The van der Waals surface area contributed by atoms with Crippen LogP contribution in [0.3, 0.4) is 0 Å². The first kappa shape index (κ1) is 28.5. The van der Waals surface area contributed by atoms with Gasteiger partial charge in [-0.3, -0.25) is 14.4 Å². The van der Waals surface area contributed by atoms with E-state index in [1.165, 1.54) is 0 Å². The van der Waals surface area contributed by atoms with E-state index in [0.29, 0.717) is 62.7 Å². The van der Waals surface area contributed by atoms with Gasteiger partial charge in [0.1, 0.15) is 17.9 Å². The zero-order chi connectivity index (χ0) is 29.4. The van der Waals surface area contributed by atoms with Gasteiger partial charge in [0.25, 0.3) is 0 Å². The van der Waals surface area contributed by atoms with Crippen molar-refractivity contribution in [1.29, 1.82) is 0 Å². The fourth-order valence-electron chi connectivity index (χ4n) is 6.94. The molecule has 1 saturated carbocycles. The molecule has 2 aliphatic heterocycles. The first-order chi connectivity index (χ1) is 20.4. The number of hydrogen-bond acceptors (Lipinski definition) is 6. The number of hydrogen-bond donors (Lipinski definition) is 1. The molecule has 2 aromatic carbocycles. The third-order valence-electron chi connectivity index (χ3n) is 9.16.